The predicted octanol–water partition coefficient (Wildman–Crippen LogP) is 2.94. The highest BCUT2D eigenvalue weighted by Gasteiger charge is 2.08. The number of aromatic amines is 1. The monoisotopic (exact) mass is 339 g/mol. The lowest BCUT2D eigenvalue weighted by atomic mass is 10.2. The van der Waals surface area contributed by atoms with E-state index in [9.17, 15) is 4.79 Å². The van der Waals surface area contributed by atoms with Crippen molar-refractivity contribution in [1.82, 2.24) is 15.3 Å². The summed E-state index contributed by atoms with van der Waals surface area (Å²) in [6.45, 7) is 2.85. The van der Waals surface area contributed by atoms with Crippen LogP contribution >= 0.6 is 0 Å². The van der Waals surface area contributed by atoms with Crippen molar-refractivity contribution in [1.29, 1.82) is 0 Å². The molecule has 3 aromatic rings. The first-order valence-corrected chi connectivity index (χ1v) is 8.23. The van der Waals surface area contributed by atoms with Crippen molar-refractivity contribution in [2.24, 2.45) is 0 Å². The maximum absolute atomic E-state index is 12.2. The van der Waals surface area contributed by atoms with Crippen LogP contribution in [-0.2, 0) is 6.42 Å². The molecule has 0 unspecified atom stereocenters. The number of nitrogens with zero attached hydrogens (tertiary/aromatic N) is 1. The van der Waals surface area contributed by atoms with Crippen molar-refractivity contribution in [3.63, 3.8) is 0 Å². The molecule has 0 atom stereocenters. The Kier molecular flexibility index (Phi) is 5.18. The number of aryl methyl sites for hydroxylation is 1. The number of hydrogen-bond donors (Lipinski definition) is 2. The summed E-state index contributed by atoms with van der Waals surface area (Å²) in [5.74, 6) is 2.30. The van der Waals surface area contributed by atoms with Crippen molar-refractivity contribution in [3.05, 3.63) is 53.9 Å². The molecule has 0 spiro atoms. The number of benzene rings is 2. The number of fused-ring (bicyclic) bond motifs is 1. The fraction of sp³-hybridized carbons (Fsp3) is 0.263. The number of hydrogen-bond acceptors (Lipinski definition) is 4. The lowest BCUT2D eigenvalue weighted by Gasteiger charge is -2.08. The number of methoxy groups -OCH3 is 1. The summed E-state index contributed by atoms with van der Waals surface area (Å²) in [5, 5.41) is 2.85. The van der Waals surface area contributed by atoms with Gasteiger partial charge in [-0.2, -0.15) is 0 Å². The summed E-state index contributed by atoms with van der Waals surface area (Å²) in [6.07, 6.45) is 0.832. The number of H-pyrrole nitrogens is 1. The van der Waals surface area contributed by atoms with E-state index in [4.69, 9.17) is 9.47 Å². The van der Waals surface area contributed by atoms with Crippen LogP contribution in [0.3, 0.4) is 0 Å². The third kappa shape index (κ3) is 4.09. The molecule has 3 rings (SSSR count). The average molecular weight is 339 g/mol. The predicted molar refractivity (Wildman–Crippen MR) is 96.3 cm³/mol. The van der Waals surface area contributed by atoms with Gasteiger partial charge in [0.15, 0.2) is 0 Å². The molecule has 0 saturated heterocycles. The lowest BCUT2D eigenvalue weighted by molar-refractivity contribution is 0.0947. The molecular weight excluding hydrogens is 318 g/mol. The molecule has 0 aliphatic carbocycles. The van der Waals surface area contributed by atoms with Crippen LogP contribution in [0.2, 0.25) is 0 Å². The third-order valence-corrected chi connectivity index (χ3v) is 3.84. The number of rotatable bonds is 7. The molecule has 2 aromatic carbocycles. The number of carbonyl (C=O) groups excluding carboxylic acids is 1. The van der Waals surface area contributed by atoms with Crippen LogP contribution in [-0.4, -0.2) is 36.1 Å². The largest absolute Gasteiger partial charge is 0.497 e. The van der Waals surface area contributed by atoms with E-state index in [1.807, 2.05) is 43.3 Å². The number of amides is 1. The number of imidazole rings is 1. The Labute approximate surface area is 146 Å². The Morgan fingerprint density at radius 1 is 1.16 bits per heavy atom. The normalized spacial score (nSPS) is 10.6. The SMILES string of the molecule is CCc1nc2ccc(C(=O)NCCOc3ccc(OC)cc3)cc2[nH]1. The average Bonchev–Trinajstić information content (AvgIpc) is 3.08. The van der Waals surface area contributed by atoms with Gasteiger partial charge in [0.2, 0.25) is 0 Å². The second-order valence-corrected chi connectivity index (χ2v) is 5.55. The Hall–Kier alpha value is -3.02. The van der Waals surface area contributed by atoms with E-state index in [0.717, 1.165) is 34.8 Å². The summed E-state index contributed by atoms with van der Waals surface area (Å²) in [5.41, 5.74) is 2.35. The van der Waals surface area contributed by atoms with E-state index in [1.54, 1.807) is 13.2 Å². The minimum atomic E-state index is -0.132. The highest BCUT2D eigenvalue weighted by molar-refractivity contribution is 5.97. The van der Waals surface area contributed by atoms with Crippen molar-refractivity contribution >= 4 is 16.9 Å². The molecule has 6 heteroatoms. The van der Waals surface area contributed by atoms with E-state index in [2.05, 4.69) is 15.3 Å². The molecule has 1 amide bonds. The highest BCUT2D eigenvalue weighted by Crippen LogP contribution is 2.17. The number of carbonyl (C=O) groups is 1. The Morgan fingerprint density at radius 2 is 1.92 bits per heavy atom. The van der Waals surface area contributed by atoms with Crippen LogP contribution in [0, 0.1) is 0 Å². The Balaban J connectivity index is 1.51. The fourth-order valence-electron chi connectivity index (χ4n) is 2.48. The Bertz CT molecular complexity index is 856. The van der Waals surface area contributed by atoms with Crippen LogP contribution in [0.4, 0.5) is 0 Å². The molecule has 0 radical (unpaired) electrons. The van der Waals surface area contributed by atoms with Gasteiger partial charge in [0.1, 0.15) is 23.9 Å². The van der Waals surface area contributed by atoms with Crippen molar-refractivity contribution in [3.8, 4) is 11.5 Å². The topological polar surface area (TPSA) is 76.2 Å². The van der Waals surface area contributed by atoms with Gasteiger partial charge in [-0.1, -0.05) is 6.92 Å². The molecule has 1 aromatic heterocycles. The molecular formula is C19H21N3O3. The molecule has 0 saturated carbocycles. The van der Waals surface area contributed by atoms with E-state index in [0.29, 0.717) is 18.7 Å². The molecule has 0 aliphatic rings. The highest BCUT2D eigenvalue weighted by atomic mass is 16.5. The summed E-state index contributed by atoms with van der Waals surface area (Å²) in [7, 11) is 1.62. The molecule has 0 bridgehead atoms. The maximum Gasteiger partial charge on any atom is 0.251 e. The summed E-state index contributed by atoms with van der Waals surface area (Å²) in [4.78, 5) is 19.9. The van der Waals surface area contributed by atoms with Crippen LogP contribution in [0.25, 0.3) is 11.0 Å². The zero-order valence-electron chi connectivity index (χ0n) is 14.3. The van der Waals surface area contributed by atoms with Crippen molar-refractivity contribution in [2.45, 2.75) is 13.3 Å². The second-order valence-electron chi connectivity index (χ2n) is 5.55. The van der Waals surface area contributed by atoms with Gasteiger partial charge in [-0.25, -0.2) is 4.98 Å². The molecule has 0 aliphatic heterocycles. The van der Waals surface area contributed by atoms with Crippen LogP contribution in [0.1, 0.15) is 23.1 Å². The zero-order chi connectivity index (χ0) is 17.6. The van der Waals surface area contributed by atoms with Crippen molar-refractivity contribution < 1.29 is 14.3 Å². The molecule has 6 nitrogen and oxygen atoms in total. The van der Waals surface area contributed by atoms with Gasteiger partial charge in [-0.15, -0.1) is 0 Å². The third-order valence-electron chi connectivity index (χ3n) is 3.84. The minimum Gasteiger partial charge on any atom is -0.497 e. The van der Waals surface area contributed by atoms with Gasteiger partial charge in [0, 0.05) is 12.0 Å². The van der Waals surface area contributed by atoms with Gasteiger partial charge in [0.05, 0.1) is 24.7 Å². The smallest absolute Gasteiger partial charge is 0.251 e. The summed E-state index contributed by atoms with van der Waals surface area (Å²) in [6, 6.07) is 12.8. The standard InChI is InChI=1S/C19H21N3O3/c1-3-18-21-16-9-4-13(12-17(16)22-18)19(23)20-10-11-25-15-7-5-14(24-2)6-8-15/h4-9,12H,3,10-11H2,1-2H3,(H,20,23)(H,21,22). The van der Waals surface area contributed by atoms with E-state index >= 15 is 0 Å². The molecule has 25 heavy (non-hydrogen) atoms. The first kappa shape index (κ1) is 16.8. The number of ether oxygens (including phenoxy) is 2. The molecule has 2 N–H and O–H groups in total. The lowest BCUT2D eigenvalue weighted by Crippen LogP contribution is -2.28. The summed E-state index contributed by atoms with van der Waals surface area (Å²) >= 11 is 0. The molecule has 1 heterocycles. The van der Waals surface area contributed by atoms with Gasteiger partial charge >= 0.3 is 0 Å². The van der Waals surface area contributed by atoms with Gasteiger partial charge < -0.3 is 19.8 Å². The zero-order valence-corrected chi connectivity index (χ0v) is 14.3. The maximum atomic E-state index is 12.2. The van der Waals surface area contributed by atoms with E-state index in [1.165, 1.54) is 0 Å². The number of aromatic nitrogens is 2. The first-order valence-electron chi connectivity index (χ1n) is 8.23. The summed E-state index contributed by atoms with van der Waals surface area (Å²) < 4.78 is 10.7. The fourth-order valence-corrected chi connectivity index (χ4v) is 2.48. The van der Waals surface area contributed by atoms with Crippen LogP contribution in [0.15, 0.2) is 42.5 Å². The van der Waals surface area contributed by atoms with Crippen molar-refractivity contribution in [2.75, 3.05) is 20.3 Å². The van der Waals surface area contributed by atoms with E-state index in [-0.39, 0.29) is 5.91 Å². The molecule has 130 valence electrons. The van der Waals surface area contributed by atoms with E-state index < -0.39 is 0 Å². The van der Waals surface area contributed by atoms with Gasteiger partial charge in [-0.3, -0.25) is 4.79 Å². The second kappa shape index (κ2) is 7.70. The van der Waals surface area contributed by atoms with Gasteiger partial charge in [-0.05, 0) is 42.5 Å². The number of nitrogens with one attached hydrogen (secondary N) is 2. The Morgan fingerprint density at radius 3 is 2.64 bits per heavy atom. The molecule has 0 fully saturated rings. The quantitative estimate of drug-likeness (QED) is 0.649. The van der Waals surface area contributed by atoms with Crippen LogP contribution < -0.4 is 14.8 Å². The minimum absolute atomic E-state index is 0.132. The first-order chi connectivity index (χ1) is 12.2. The van der Waals surface area contributed by atoms with Gasteiger partial charge in [0.25, 0.3) is 5.91 Å². The van der Waals surface area contributed by atoms with Crippen LogP contribution in [0.5, 0.6) is 11.5 Å².